The zero-order chi connectivity index (χ0) is 13.7. The van der Waals surface area contributed by atoms with E-state index in [9.17, 15) is 9.59 Å². The molecule has 1 aromatic rings. The number of methoxy groups -OCH3 is 1. The molecule has 0 aliphatic heterocycles. The van der Waals surface area contributed by atoms with Gasteiger partial charge < -0.3 is 10.1 Å². The van der Waals surface area contributed by atoms with Crippen molar-refractivity contribution in [3.05, 3.63) is 22.5 Å². The minimum Gasteiger partial charge on any atom is -0.468 e. The van der Waals surface area contributed by atoms with E-state index in [1.807, 2.05) is 0 Å². The summed E-state index contributed by atoms with van der Waals surface area (Å²) in [5, 5.41) is 6.93. The van der Waals surface area contributed by atoms with E-state index in [0.29, 0.717) is 10.7 Å². The molecule has 0 aliphatic rings. The fraction of sp³-hybridized carbons (Fsp3) is 0.364. The summed E-state index contributed by atoms with van der Waals surface area (Å²) in [5.74, 6) is -0.910. The van der Waals surface area contributed by atoms with Gasteiger partial charge in [0.25, 0.3) is 0 Å². The molecule has 6 nitrogen and oxygen atoms in total. The van der Waals surface area contributed by atoms with Gasteiger partial charge in [0.05, 0.1) is 12.8 Å². The zero-order valence-corrected chi connectivity index (χ0v) is 11.1. The number of halogens is 1. The number of esters is 1. The summed E-state index contributed by atoms with van der Waals surface area (Å²) < 4.78 is 5.91. The van der Waals surface area contributed by atoms with Crippen LogP contribution in [0.4, 0.5) is 0 Å². The van der Waals surface area contributed by atoms with Crippen molar-refractivity contribution in [3.63, 3.8) is 0 Å². The van der Waals surface area contributed by atoms with Crippen LogP contribution in [0, 0.1) is 6.92 Å². The fourth-order valence-corrected chi connectivity index (χ4v) is 1.52. The second-order valence-corrected chi connectivity index (χ2v) is 3.90. The Labute approximate surface area is 110 Å². The summed E-state index contributed by atoms with van der Waals surface area (Å²) in [6, 6.07) is 0. The van der Waals surface area contributed by atoms with Crippen molar-refractivity contribution in [3.8, 4) is 0 Å². The molecule has 0 atom stereocenters. The maximum absolute atomic E-state index is 11.4. The molecular formula is C11H14ClN3O3. The SMILES string of the molecule is COC(=O)CNC(=O)/C=C/c1c(C)nn(C)c1Cl. The molecule has 18 heavy (non-hydrogen) atoms. The van der Waals surface area contributed by atoms with Crippen LogP contribution >= 0.6 is 11.6 Å². The van der Waals surface area contributed by atoms with Gasteiger partial charge in [0.2, 0.25) is 5.91 Å². The molecule has 0 bridgehead atoms. The number of ether oxygens (including phenoxy) is 1. The van der Waals surface area contributed by atoms with E-state index in [-0.39, 0.29) is 6.54 Å². The Morgan fingerprint density at radius 1 is 1.56 bits per heavy atom. The number of carbonyl (C=O) groups excluding carboxylic acids is 2. The van der Waals surface area contributed by atoms with Gasteiger partial charge in [-0.25, -0.2) is 0 Å². The molecule has 0 unspecified atom stereocenters. The van der Waals surface area contributed by atoms with Gasteiger partial charge in [0, 0.05) is 18.7 Å². The Kier molecular flexibility index (Phi) is 4.91. The second-order valence-electron chi connectivity index (χ2n) is 3.54. The van der Waals surface area contributed by atoms with Crippen LogP contribution in [0.5, 0.6) is 0 Å². The van der Waals surface area contributed by atoms with E-state index < -0.39 is 11.9 Å². The number of nitrogens with one attached hydrogen (secondary N) is 1. The van der Waals surface area contributed by atoms with Crippen molar-refractivity contribution in [2.45, 2.75) is 6.92 Å². The van der Waals surface area contributed by atoms with Crippen LogP contribution in [-0.2, 0) is 21.4 Å². The molecule has 0 spiro atoms. The largest absolute Gasteiger partial charge is 0.468 e. The average Bonchev–Trinajstić information content (AvgIpc) is 2.58. The van der Waals surface area contributed by atoms with Crippen LogP contribution in [0.2, 0.25) is 5.15 Å². The molecular weight excluding hydrogens is 258 g/mol. The first-order valence-corrected chi connectivity index (χ1v) is 5.55. The third-order valence-electron chi connectivity index (χ3n) is 2.23. The summed E-state index contributed by atoms with van der Waals surface area (Å²) in [6.45, 7) is 1.62. The molecule has 0 saturated heterocycles. The first-order chi connectivity index (χ1) is 8.45. The summed E-state index contributed by atoms with van der Waals surface area (Å²) in [4.78, 5) is 22.2. The van der Waals surface area contributed by atoms with Gasteiger partial charge in [0.15, 0.2) is 0 Å². The summed E-state index contributed by atoms with van der Waals surface area (Å²) in [7, 11) is 2.97. The predicted octanol–water partition coefficient (Wildman–Crippen LogP) is 0.684. The van der Waals surface area contributed by atoms with Crippen molar-refractivity contribution in [2.24, 2.45) is 7.05 Å². The van der Waals surface area contributed by atoms with Gasteiger partial charge >= 0.3 is 5.97 Å². The van der Waals surface area contributed by atoms with E-state index in [1.165, 1.54) is 17.9 Å². The van der Waals surface area contributed by atoms with E-state index >= 15 is 0 Å². The van der Waals surface area contributed by atoms with Crippen LogP contribution in [0.15, 0.2) is 6.08 Å². The topological polar surface area (TPSA) is 73.2 Å². The Balaban J connectivity index is 2.64. The van der Waals surface area contributed by atoms with E-state index in [4.69, 9.17) is 11.6 Å². The third-order valence-corrected chi connectivity index (χ3v) is 2.68. The lowest BCUT2D eigenvalue weighted by molar-refractivity contribution is -0.140. The maximum atomic E-state index is 11.4. The Morgan fingerprint density at radius 2 is 2.22 bits per heavy atom. The van der Waals surface area contributed by atoms with Crippen LogP contribution < -0.4 is 5.32 Å². The minimum atomic E-state index is -0.507. The van der Waals surface area contributed by atoms with Crippen LogP contribution in [0.25, 0.3) is 6.08 Å². The van der Waals surface area contributed by atoms with Crippen molar-refractivity contribution in [2.75, 3.05) is 13.7 Å². The van der Waals surface area contributed by atoms with Gasteiger partial charge in [-0.2, -0.15) is 5.10 Å². The highest BCUT2D eigenvalue weighted by molar-refractivity contribution is 6.31. The highest BCUT2D eigenvalue weighted by Crippen LogP contribution is 2.19. The molecule has 0 aliphatic carbocycles. The van der Waals surface area contributed by atoms with Crippen LogP contribution in [0.3, 0.4) is 0 Å². The Bertz CT molecular complexity index is 494. The number of aryl methyl sites for hydroxylation is 2. The van der Waals surface area contributed by atoms with Crippen LogP contribution in [0.1, 0.15) is 11.3 Å². The van der Waals surface area contributed by atoms with Crippen molar-refractivity contribution in [1.29, 1.82) is 0 Å². The number of carbonyl (C=O) groups is 2. The quantitative estimate of drug-likeness (QED) is 0.646. The van der Waals surface area contributed by atoms with Crippen molar-refractivity contribution in [1.82, 2.24) is 15.1 Å². The summed E-state index contributed by atoms with van der Waals surface area (Å²) in [6.07, 6.45) is 2.84. The minimum absolute atomic E-state index is 0.167. The predicted molar refractivity (Wildman–Crippen MR) is 67.0 cm³/mol. The zero-order valence-electron chi connectivity index (χ0n) is 10.4. The van der Waals surface area contributed by atoms with Crippen molar-refractivity contribution >= 4 is 29.6 Å². The van der Waals surface area contributed by atoms with Gasteiger partial charge in [-0.15, -0.1) is 0 Å². The van der Waals surface area contributed by atoms with Crippen molar-refractivity contribution < 1.29 is 14.3 Å². The van der Waals surface area contributed by atoms with E-state index in [0.717, 1.165) is 5.69 Å². The normalized spacial score (nSPS) is 10.7. The number of aromatic nitrogens is 2. The van der Waals surface area contributed by atoms with E-state index in [1.54, 1.807) is 20.0 Å². The molecule has 7 heteroatoms. The number of hydrogen-bond acceptors (Lipinski definition) is 4. The maximum Gasteiger partial charge on any atom is 0.325 e. The molecule has 1 heterocycles. The standard InChI is InChI=1S/C11H14ClN3O3/c1-7-8(11(12)15(2)14-7)4-5-9(16)13-6-10(17)18-3/h4-5H,6H2,1-3H3,(H,13,16)/b5-4+. The summed E-state index contributed by atoms with van der Waals surface area (Å²) in [5.41, 5.74) is 1.40. The number of nitrogens with zero attached hydrogens (tertiary/aromatic N) is 2. The van der Waals surface area contributed by atoms with Gasteiger partial charge in [-0.05, 0) is 13.0 Å². The molecule has 1 rings (SSSR count). The Hall–Kier alpha value is -1.82. The molecule has 98 valence electrons. The summed E-state index contributed by atoms with van der Waals surface area (Å²) >= 11 is 5.99. The Morgan fingerprint density at radius 3 is 2.72 bits per heavy atom. The van der Waals surface area contributed by atoms with E-state index in [2.05, 4.69) is 15.2 Å². The molecule has 1 N–H and O–H groups in total. The number of hydrogen-bond donors (Lipinski definition) is 1. The van der Waals surface area contributed by atoms with Gasteiger partial charge in [0.1, 0.15) is 11.7 Å². The second kappa shape index (κ2) is 6.20. The lowest BCUT2D eigenvalue weighted by Gasteiger charge is -1.99. The number of amides is 1. The van der Waals surface area contributed by atoms with Gasteiger partial charge in [-0.1, -0.05) is 11.6 Å². The average molecular weight is 272 g/mol. The first kappa shape index (κ1) is 14.2. The van der Waals surface area contributed by atoms with Gasteiger partial charge in [-0.3, -0.25) is 14.3 Å². The highest BCUT2D eigenvalue weighted by Gasteiger charge is 2.08. The molecule has 0 radical (unpaired) electrons. The highest BCUT2D eigenvalue weighted by atomic mass is 35.5. The molecule has 0 saturated carbocycles. The smallest absolute Gasteiger partial charge is 0.325 e. The molecule has 0 aromatic carbocycles. The third kappa shape index (κ3) is 3.59. The number of rotatable bonds is 4. The lowest BCUT2D eigenvalue weighted by atomic mass is 10.2. The fourth-order valence-electron chi connectivity index (χ4n) is 1.29. The molecule has 0 fully saturated rings. The monoisotopic (exact) mass is 271 g/mol. The first-order valence-electron chi connectivity index (χ1n) is 5.17. The molecule has 1 aromatic heterocycles. The lowest BCUT2D eigenvalue weighted by Crippen LogP contribution is -2.28. The van der Waals surface area contributed by atoms with Crippen LogP contribution in [-0.4, -0.2) is 35.3 Å². The molecule has 1 amide bonds.